The van der Waals surface area contributed by atoms with E-state index in [1.807, 2.05) is 6.92 Å². The molecule has 0 atom stereocenters. The molecule has 0 amide bonds. The van der Waals surface area contributed by atoms with E-state index in [0.29, 0.717) is 22.3 Å². The Morgan fingerprint density at radius 3 is 2.95 bits per heavy atom. The molecule has 0 bridgehead atoms. The molecule has 1 heterocycles. The SMILES string of the molecule is CCCn1c(Sc2ccc(C(=N)N)cc2Cl)n[nH]c1=O. The van der Waals surface area contributed by atoms with Crippen LogP contribution in [0.5, 0.6) is 0 Å². The number of hydrogen-bond acceptors (Lipinski definition) is 4. The molecule has 0 aliphatic carbocycles. The summed E-state index contributed by atoms with van der Waals surface area (Å²) >= 11 is 7.46. The van der Waals surface area contributed by atoms with Crippen molar-refractivity contribution in [2.75, 3.05) is 0 Å². The number of nitrogens with one attached hydrogen (secondary N) is 2. The first-order valence-corrected chi connectivity index (χ1v) is 7.19. The fourth-order valence-electron chi connectivity index (χ4n) is 1.65. The molecule has 20 heavy (non-hydrogen) atoms. The van der Waals surface area contributed by atoms with Gasteiger partial charge in [-0.3, -0.25) is 9.98 Å². The highest BCUT2D eigenvalue weighted by atomic mass is 35.5. The van der Waals surface area contributed by atoms with Crippen molar-refractivity contribution in [3.63, 3.8) is 0 Å². The third-order valence-electron chi connectivity index (χ3n) is 2.61. The van der Waals surface area contributed by atoms with Crippen LogP contribution in [0.25, 0.3) is 0 Å². The first kappa shape index (κ1) is 14.7. The summed E-state index contributed by atoms with van der Waals surface area (Å²) in [5, 5.41) is 14.8. The summed E-state index contributed by atoms with van der Waals surface area (Å²) in [7, 11) is 0. The van der Waals surface area contributed by atoms with Gasteiger partial charge in [-0.25, -0.2) is 9.89 Å². The van der Waals surface area contributed by atoms with Crippen LogP contribution in [0, 0.1) is 5.41 Å². The zero-order valence-electron chi connectivity index (χ0n) is 10.8. The van der Waals surface area contributed by atoms with Gasteiger partial charge in [-0.15, -0.1) is 5.10 Å². The maximum atomic E-state index is 11.6. The Labute approximate surface area is 124 Å². The largest absolute Gasteiger partial charge is 0.384 e. The van der Waals surface area contributed by atoms with Gasteiger partial charge in [0.2, 0.25) is 0 Å². The van der Waals surface area contributed by atoms with Gasteiger partial charge in [0.25, 0.3) is 0 Å². The molecule has 0 spiro atoms. The highest BCUT2D eigenvalue weighted by Gasteiger charge is 2.12. The van der Waals surface area contributed by atoms with E-state index in [1.54, 1.807) is 22.8 Å². The van der Waals surface area contributed by atoms with Crippen molar-refractivity contribution < 1.29 is 0 Å². The van der Waals surface area contributed by atoms with E-state index in [0.717, 1.165) is 11.3 Å². The second-order valence-electron chi connectivity index (χ2n) is 4.12. The molecule has 6 nitrogen and oxygen atoms in total. The van der Waals surface area contributed by atoms with Crippen molar-refractivity contribution in [3.8, 4) is 0 Å². The minimum absolute atomic E-state index is 0.0360. The molecule has 8 heteroatoms. The Morgan fingerprint density at radius 1 is 1.60 bits per heavy atom. The molecule has 0 fully saturated rings. The van der Waals surface area contributed by atoms with E-state index in [2.05, 4.69) is 10.2 Å². The number of aromatic nitrogens is 3. The molecule has 1 aromatic heterocycles. The molecule has 0 unspecified atom stereocenters. The quantitative estimate of drug-likeness (QED) is 0.581. The first-order chi connectivity index (χ1) is 9.52. The van der Waals surface area contributed by atoms with Crippen molar-refractivity contribution in [2.45, 2.75) is 29.9 Å². The Bertz CT molecular complexity index is 693. The number of rotatable bonds is 5. The second kappa shape index (κ2) is 6.15. The molecule has 0 saturated carbocycles. The fourth-order valence-corrected chi connectivity index (χ4v) is 2.81. The zero-order chi connectivity index (χ0) is 14.7. The number of benzene rings is 1. The van der Waals surface area contributed by atoms with Crippen LogP contribution in [0.1, 0.15) is 18.9 Å². The highest BCUT2D eigenvalue weighted by molar-refractivity contribution is 7.99. The molecule has 1 aromatic carbocycles. The number of amidine groups is 1. The van der Waals surface area contributed by atoms with Gasteiger partial charge in [0.1, 0.15) is 5.84 Å². The van der Waals surface area contributed by atoms with Crippen LogP contribution < -0.4 is 11.4 Å². The Hall–Kier alpha value is -1.73. The van der Waals surface area contributed by atoms with Gasteiger partial charge >= 0.3 is 5.69 Å². The predicted molar refractivity (Wildman–Crippen MR) is 79.7 cm³/mol. The maximum Gasteiger partial charge on any atom is 0.343 e. The summed E-state index contributed by atoms with van der Waals surface area (Å²) in [6.07, 6.45) is 0.837. The normalized spacial score (nSPS) is 10.7. The lowest BCUT2D eigenvalue weighted by atomic mass is 10.2. The van der Waals surface area contributed by atoms with Crippen molar-refractivity contribution in [1.29, 1.82) is 5.41 Å². The average Bonchev–Trinajstić information content (AvgIpc) is 2.74. The maximum absolute atomic E-state index is 11.6. The molecular formula is C12H14ClN5OS. The third kappa shape index (κ3) is 3.05. The zero-order valence-corrected chi connectivity index (χ0v) is 12.4. The molecule has 0 aliphatic heterocycles. The van der Waals surface area contributed by atoms with Crippen molar-refractivity contribution >= 4 is 29.2 Å². The molecule has 0 aliphatic rings. The highest BCUT2D eigenvalue weighted by Crippen LogP contribution is 2.32. The third-order valence-corrected chi connectivity index (χ3v) is 4.11. The minimum Gasteiger partial charge on any atom is -0.384 e. The number of hydrogen-bond donors (Lipinski definition) is 3. The first-order valence-electron chi connectivity index (χ1n) is 6.00. The molecule has 0 radical (unpaired) electrons. The van der Waals surface area contributed by atoms with Gasteiger partial charge in [-0.05, 0) is 30.3 Å². The summed E-state index contributed by atoms with van der Waals surface area (Å²) in [6, 6.07) is 5.10. The number of H-pyrrole nitrogens is 1. The summed E-state index contributed by atoms with van der Waals surface area (Å²) in [5.74, 6) is -0.0360. The van der Waals surface area contributed by atoms with Gasteiger partial charge in [0.15, 0.2) is 5.16 Å². The second-order valence-corrected chi connectivity index (χ2v) is 5.54. The van der Waals surface area contributed by atoms with Gasteiger partial charge < -0.3 is 5.73 Å². The van der Waals surface area contributed by atoms with Crippen molar-refractivity contribution in [2.24, 2.45) is 5.73 Å². The molecular weight excluding hydrogens is 298 g/mol. The van der Waals surface area contributed by atoms with E-state index >= 15 is 0 Å². The Kier molecular flexibility index (Phi) is 4.51. The van der Waals surface area contributed by atoms with Crippen LogP contribution in [-0.4, -0.2) is 20.6 Å². The van der Waals surface area contributed by atoms with Crippen LogP contribution in [0.4, 0.5) is 0 Å². The van der Waals surface area contributed by atoms with E-state index in [9.17, 15) is 4.79 Å². The summed E-state index contributed by atoms with van der Waals surface area (Å²) in [5.41, 5.74) is 5.74. The predicted octanol–water partition coefficient (Wildman–Crippen LogP) is 2.07. The summed E-state index contributed by atoms with van der Waals surface area (Å²) in [6.45, 7) is 2.59. The monoisotopic (exact) mass is 311 g/mol. The molecule has 2 aromatic rings. The standard InChI is InChI=1S/C12H14ClN5OS/c1-2-5-18-11(19)16-17-12(18)20-9-4-3-7(10(14)15)6-8(9)13/h3-4,6H,2,5H2,1H3,(H3,14,15)(H,16,19). The lowest BCUT2D eigenvalue weighted by Gasteiger charge is -2.06. The average molecular weight is 312 g/mol. The van der Waals surface area contributed by atoms with Crippen LogP contribution in [0.2, 0.25) is 5.02 Å². The number of aromatic amines is 1. The van der Waals surface area contributed by atoms with Crippen LogP contribution in [0.15, 0.2) is 33.0 Å². The molecule has 0 saturated heterocycles. The van der Waals surface area contributed by atoms with Gasteiger partial charge in [0.05, 0.1) is 5.02 Å². The number of nitrogens with two attached hydrogens (primary N) is 1. The molecule has 4 N–H and O–H groups in total. The summed E-state index contributed by atoms with van der Waals surface area (Å²) < 4.78 is 1.57. The van der Waals surface area contributed by atoms with Crippen LogP contribution in [0.3, 0.4) is 0 Å². The Morgan fingerprint density at radius 2 is 2.35 bits per heavy atom. The van der Waals surface area contributed by atoms with Gasteiger partial charge in [0, 0.05) is 17.0 Å². The van der Waals surface area contributed by atoms with Crippen LogP contribution in [-0.2, 0) is 6.54 Å². The van der Waals surface area contributed by atoms with E-state index in [-0.39, 0.29) is 11.5 Å². The summed E-state index contributed by atoms with van der Waals surface area (Å²) in [4.78, 5) is 12.4. The lowest BCUT2D eigenvalue weighted by Crippen LogP contribution is -2.17. The number of nitrogen functional groups attached to an aromatic ring is 1. The van der Waals surface area contributed by atoms with E-state index in [1.165, 1.54) is 11.8 Å². The fraction of sp³-hybridized carbons (Fsp3) is 0.250. The lowest BCUT2D eigenvalue weighted by molar-refractivity contribution is 0.604. The topological polar surface area (TPSA) is 101 Å². The van der Waals surface area contributed by atoms with E-state index < -0.39 is 0 Å². The number of nitrogens with zero attached hydrogens (tertiary/aromatic N) is 2. The van der Waals surface area contributed by atoms with Crippen LogP contribution >= 0.6 is 23.4 Å². The van der Waals surface area contributed by atoms with Gasteiger partial charge in [-0.1, -0.05) is 24.6 Å². The molecule has 2 rings (SSSR count). The van der Waals surface area contributed by atoms with E-state index in [4.69, 9.17) is 22.7 Å². The molecule has 106 valence electrons. The Balaban J connectivity index is 2.31. The number of halogens is 1. The smallest absolute Gasteiger partial charge is 0.343 e. The van der Waals surface area contributed by atoms with Crippen molar-refractivity contribution in [1.82, 2.24) is 14.8 Å². The van der Waals surface area contributed by atoms with Crippen molar-refractivity contribution in [3.05, 3.63) is 39.3 Å². The minimum atomic E-state index is -0.231. The van der Waals surface area contributed by atoms with Gasteiger partial charge in [-0.2, -0.15) is 0 Å².